The van der Waals surface area contributed by atoms with Gasteiger partial charge in [0.1, 0.15) is 11.5 Å². The smallest absolute Gasteiger partial charge is 0.273 e. The molecule has 0 saturated heterocycles. The molecule has 1 heterocycles. The summed E-state index contributed by atoms with van der Waals surface area (Å²) in [5.41, 5.74) is 13.1. The van der Waals surface area contributed by atoms with Gasteiger partial charge in [-0.05, 0) is 24.1 Å². The first kappa shape index (κ1) is 12.6. The number of thiol groups is 1. The van der Waals surface area contributed by atoms with Crippen LogP contribution in [0.4, 0.5) is 5.69 Å². The van der Waals surface area contributed by atoms with E-state index >= 15 is 0 Å². The molecule has 1 unspecified atom stereocenters. The van der Waals surface area contributed by atoms with E-state index in [1.807, 2.05) is 24.3 Å². The molecule has 96 valence electrons. The highest BCUT2D eigenvalue weighted by atomic mass is 32.1. The molecule has 5 N–H and O–H groups in total. The zero-order chi connectivity index (χ0) is 13.3. The van der Waals surface area contributed by atoms with Gasteiger partial charge in [0, 0.05) is 5.69 Å². The lowest BCUT2D eigenvalue weighted by atomic mass is 10.1. The van der Waals surface area contributed by atoms with Crippen LogP contribution in [0.15, 0.2) is 35.8 Å². The summed E-state index contributed by atoms with van der Waals surface area (Å²) in [6.45, 7) is 2.07. The quantitative estimate of drug-likeness (QED) is 0.586. The van der Waals surface area contributed by atoms with Crippen molar-refractivity contribution in [3.8, 4) is 0 Å². The Morgan fingerprint density at radius 1 is 1.44 bits per heavy atom. The molecule has 18 heavy (non-hydrogen) atoms. The Labute approximate surface area is 111 Å². The summed E-state index contributed by atoms with van der Waals surface area (Å²) in [6, 6.07) is 7.87. The molecular formula is C12H16N4OS. The predicted molar refractivity (Wildman–Crippen MR) is 74.6 cm³/mol. The molecule has 0 spiro atoms. The predicted octanol–water partition coefficient (Wildman–Crippen LogP) is 0.485. The van der Waals surface area contributed by atoms with Crippen molar-refractivity contribution in [2.75, 3.05) is 4.90 Å². The summed E-state index contributed by atoms with van der Waals surface area (Å²) in [4.78, 5) is 13.2. The van der Waals surface area contributed by atoms with Crippen LogP contribution in [0.3, 0.4) is 0 Å². The average molecular weight is 264 g/mol. The third-order valence-electron chi connectivity index (χ3n) is 2.88. The third kappa shape index (κ3) is 2.11. The summed E-state index contributed by atoms with van der Waals surface area (Å²) in [5.74, 6) is -0.164. The van der Waals surface area contributed by atoms with E-state index < -0.39 is 11.4 Å². The van der Waals surface area contributed by atoms with Gasteiger partial charge in [-0.2, -0.15) is 0 Å². The molecule has 1 aromatic rings. The van der Waals surface area contributed by atoms with Gasteiger partial charge >= 0.3 is 0 Å². The largest absolute Gasteiger partial charge is 0.391 e. The van der Waals surface area contributed by atoms with E-state index in [4.69, 9.17) is 11.5 Å². The van der Waals surface area contributed by atoms with Crippen LogP contribution in [-0.2, 0) is 11.2 Å². The highest BCUT2D eigenvalue weighted by Gasteiger charge is 2.29. The number of aryl methyl sites for hydroxylation is 1. The number of anilines is 1. The SMILES string of the molecule is CCc1cccc(N2C(N)=C(N)C(=O)NC2S)c1. The van der Waals surface area contributed by atoms with Gasteiger partial charge in [0.25, 0.3) is 5.91 Å². The fourth-order valence-electron chi connectivity index (χ4n) is 1.84. The van der Waals surface area contributed by atoms with E-state index in [2.05, 4.69) is 24.9 Å². The molecule has 0 bridgehead atoms. The van der Waals surface area contributed by atoms with E-state index in [0.29, 0.717) is 0 Å². The van der Waals surface area contributed by atoms with Crippen molar-refractivity contribution in [1.29, 1.82) is 0 Å². The number of nitrogens with zero attached hydrogens (tertiary/aromatic N) is 1. The van der Waals surface area contributed by atoms with Gasteiger partial charge in [-0.15, -0.1) is 12.6 Å². The van der Waals surface area contributed by atoms with E-state index in [9.17, 15) is 4.79 Å². The summed E-state index contributed by atoms with van der Waals surface area (Å²) in [5, 5.41) is 2.63. The molecule has 0 aliphatic carbocycles. The Morgan fingerprint density at radius 3 is 2.83 bits per heavy atom. The first-order valence-electron chi connectivity index (χ1n) is 5.67. The second-order valence-electron chi connectivity index (χ2n) is 4.04. The lowest BCUT2D eigenvalue weighted by Gasteiger charge is -2.35. The molecule has 0 aromatic heterocycles. The number of rotatable bonds is 2. The molecule has 1 aliphatic heterocycles. The Kier molecular flexibility index (Phi) is 3.38. The minimum absolute atomic E-state index is 0.0159. The molecule has 6 heteroatoms. The standard InChI is InChI=1S/C12H16N4OS/c1-2-7-4-3-5-8(6-7)16-10(14)9(13)11(17)15-12(16)18/h3-6,12,18H,2,13-14H2,1H3,(H,15,17). The Bertz CT molecular complexity index is 515. The van der Waals surface area contributed by atoms with Crippen molar-refractivity contribution < 1.29 is 4.79 Å². The van der Waals surface area contributed by atoms with Crippen LogP contribution < -0.4 is 21.7 Å². The van der Waals surface area contributed by atoms with Crippen LogP contribution in [0.1, 0.15) is 12.5 Å². The zero-order valence-electron chi connectivity index (χ0n) is 10.1. The molecule has 1 atom stereocenters. The Balaban J connectivity index is 2.45. The van der Waals surface area contributed by atoms with Crippen LogP contribution in [-0.4, -0.2) is 11.4 Å². The molecule has 1 amide bonds. The maximum atomic E-state index is 11.5. The topological polar surface area (TPSA) is 84.4 Å². The minimum Gasteiger partial charge on any atom is -0.391 e. The first-order chi connectivity index (χ1) is 8.54. The van der Waals surface area contributed by atoms with Crippen LogP contribution in [0.25, 0.3) is 0 Å². The number of nitrogens with one attached hydrogen (secondary N) is 1. The van der Waals surface area contributed by atoms with Gasteiger partial charge in [-0.25, -0.2) is 0 Å². The second kappa shape index (κ2) is 4.81. The molecule has 1 aromatic carbocycles. The molecule has 0 fully saturated rings. The van der Waals surface area contributed by atoms with Crippen molar-refractivity contribution in [2.45, 2.75) is 18.8 Å². The van der Waals surface area contributed by atoms with Crippen LogP contribution >= 0.6 is 12.6 Å². The molecule has 1 aliphatic rings. The van der Waals surface area contributed by atoms with E-state index in [1.165, 1.54) is 5.56 Å². The number of hydrogen-bond donors (Lipinski definition) is 4. The minimum atomic E-state index is -0.517. The van der Waals surface area contributed by atoms with Crippen molar-refractivity contribution >= 4 is 24.2 Å². The highest BCUT2D eigenvalue weighted by molar-refractivity contribution is 7.81. The Morgan fingerprint density at radius 2 is 2.17 bits per heavy atom. The lowest BCUT2D eigenvalue weighted by Crippen LogP contribution is -2.53. The molecular weight excluding hydrogens is 248 g/mol. The van der Waals surface area contributed by atoms with E-state index in [-0.39, 0.29) is 11.5 Å². The number of carbonyl (C=O) groups excluding carboxylic acids is 1. The summed E-state index contributed by atoms with van der Waals surface area (Å²) < 4.78 is 0. The lowest BCUT2D eigenvalue weighted by molar-refractivity contribution is -0.118. The van der Waals surface area contributed by atoms with E-state index in [0.717, 1.165) is 12.1 Å². The monoisotopic (exact) mass is 264 g/mol. The number of hydrogen-bond acceptors (Lipinski definition) is 5. The highest BCUT2D eigenvalue weighted by Crippen LogP contribution is 2.25. The maximum Gasteiger partial charge on any atom is 0.273 e. The van der Waals surface area contributed by atoms with Crippen molar-refractivity contribution in [3.05, 3.63) is 41.3 Å². The zero-order valence-corrected chi connectivity index (χ0v) is 10.9. The number of amides is 1. The summed E-state index contributed by atoms with van der Waals surface area (Å²) in [7, 11) is 0. The Hall–Kier alpha value is -1.82. The normalized spacial score (nSPS) is 20.0. The van der Waals surface area contributed by atoms with Gasteiger partial charge < -0.3 is 16.8 Å². The van der Waals surface area contributed by atoms with Crippen molar-refractivity contribution in [1.82, 2.24) is 5.32 Å². The van der Waals surface area contributed by atoms with Crippen LogP contribution in [0.5, 0.6) is 0 Å². The summed E-state index contributed by atoms with van der Waals surface area (Å²) >= 11 is 4.31. The van der Waals surface area contributed by atoms with Crippen LogP contribution in [0, 0.1) is 0 Å². The molecule has 0 radical (unpaired) electrons. The number of carbonyl (C=O) groups is 1. The van der Waals surface area contributed by atoms with Gasteiger partial charge in [0.15, 0.2) is 5.50 Å². The number of nitrogens with two attached hydrogens (primary N) is 2. The van der Waals surface area contributed by atoms with Gasteiger partial charge in [-0.3, -0.25) is 9.69 Å². The van der Waals surface area contributed by atoms with Gasteiger partial charge in [0.05, 0.1) is 0 Å². The van der Waals surface area contributed by atoms with E-state index in [1.54, 1.807) is 4.90 Å². The second-order valence-corrected chi connectivity index (χ2v) is 4.53. The van der Waals surface area contributed by atoms with Crippen molar-refractivity contribution in [3.63, 3.8) is 0 Å². The molecule has 0 saturated carbocycles. The van der Waals surface area contributed by atoms with Crippen LogP contribution in [0.2, 0.25) is 0 Å². The summed E-state index contributed by atoms with van der Waals surface area (Å²) in [6.07, 6.45) is 0.921. The van der Waals surface area contributed by atoms with Crippen molar-refractivity contribution in [2.24, 2.45) is 11.5 Å². The fourth-order valence-corrected chi connectivity index (χ4v) is 2.22. The van der Waals surface area contributed by atoms with Gasteiger partial charge in [-0.1, -0.05) is 19.1 Å². The first-order valence-corrected chi connectivity index (χ1v) is 6.18. The van der Waals surface area contributed by atoms with Gasteiger partial charge in [0.2, 0.25) is 0 Å². The maximum absolute atomic E-state index is 11.5. The number of benzene rings is 1. The molecule has 5 nitrogen and oxygen atoms in total. The fraction of sp³-hybridized carbons (Fsp3) is 0.250. The third-order valence-corrected chi connectivity index (χ3v) is 3.24. The average Bonchev–Trinajstić information content (AvgIpc) is 2.36. The molecule has 2 rings (SSSR count).